The van der Waals surface area contributed by atoms with Gasteiger partial charge in [0, 0.05) is 11.6 Å². The summed E-state index contributed by atoms with van der Waals surface area (Å²) in [5.41, 5.74) is 9.43. The summed E-state index contributed by atoms with van der Waals surface area (Å²) in [4.78, 5) is 0. The third-order valence-electron chi connectivity index (χ3n) is 3.53. The molecule has 0 aliphatic rings. The van der Waals surface area contributed by atoms with Gasteiger partial charge in [0.1, 0.15) is 5.75 Å². The average Bonchev–Trinajstić information content (AvgIpc) is 2.32. The van der Waals surface area contributed by atoms with Crippen molar-refractivity contribution in [2.75, 3.05) is 20.7 Å². The van der Waals surface area contributed by atoms with Crippen LogP contribution in [0.3, 0.4) is 0 Å². The first-order valence-electron chi connectivity index (χ1n) is 6.57. The molecule has 0 bridgehead atoms. The van der Waals surface area contributed by atoms with E-state index in [1.165, 1.54) is 16.7 Å². The van der Waals surface area contributed by atoms with E-state index in [9.17, 15) is 0 Å². The van der Waals surface area contributed by atoms with E-state index in [0.29, 0.717) is 12.5 Å². The summed E-state index contributed by atoms with van der Waals surface area (Å²) in [6, 6.07) is 4.59. The second kappa shape index (κ2) is 6.76. The van der Waals surface area contributed by atoms with Crippen LogP contribution in [0.5, 0.6) is 5.75 Å². The van der Waals surface area contributed by atoms with Crippen molar-refractivity contribution in [3.8, 4) is 5.75 Å². The number of nitrogens with one attached hydrogen (secondary N) is 1. The van der Waals surface area contributed by atoms with E-state index < -0.39 is 0 Å². The number of nitrogens with two attached hydrogens (primary N) is 1. The number of ether oxygens (including phenoxy) is 1. The standard InChI is InChI=1S/C15H26N2O/c1-10-8-12(3)14(13(9-10)18-5)15(17-4)11(2)6-7-16/h8-9,11,15,17H,6-7,16H2,1-5H3. The Hall–Kier alpha value is -1.06. The van der Waals surface area contributed by atoms with Gasteiger partial charge in [-0.25, -0.2) is 0 Å². The number of hydrogen-bond donors (Lipinski definition) is 2. The van der Waals surface area contributed by atoms with Gasteiger partial charge in [0.15, 0.2) is 0 Å². The summed E-state index contributed by atoms with van der Waals surface area (Å²) in [6.45, 7) is 7.18. The monoisotopic (exact) mass is 250 g/mol. The lowest BCUT2D eigenvalue weighted by atomic mass is 9.88. The maximum Gasteiger partial charge on any atom is 0.124 e. The fourth-order valence-electron chi connectivity index (χ4n) is 2.65. The number of methoxy groups -OCH3 is 1. The van der Waals surface area contributed by atoms with Crippen LogP contribution >= 0.6 is 0 Å². The Morgan fingerprint density at radius 1 is 1.33 bits per heavy atom. The maximum atomic E-state index is 5.67. The van der Waals surface area contributed by atoms with Crippen LogP contribution in [0.4, 0.5) is 0 Å². The first-order valence-corrected chi connectivity index (χ1v) is 6.57. The summed E-state index contributed by atoms with van der Waals surface area (Å²) < 4.78 is 5.55. The third kappa shape index (κ3) is 3.24. The molecule has 102 valence electrons. The van der Waals surface area contributed by atoms with Crippen LogP contribution in [0, 0.1) is 19.8 Å². The van der Waals surface area contributed by atoms with Crippen molar-refractivity contribution >= 4 is 0 Å². The van der Waals surface area contributed by atoms with E-state index >= 15 is 0 Å². The SMILES string of the molecule is CNC(c1c(C)cc(C)cc1OC)C(C)CCN. The zero-order chi connectivity index (χ0) is 13.7. The lowest BCUT2D eigenvalue weighted by Crippen LogP contribution is -2.26. The quantitative estimate of drug-likeness (QED) is 0.815. The minimum atomic E-state index is 0.282. The lowest BCUT2D eigenvalue weighted by molar-refractivity contribution is 0.359. The molecule has 0 aromatic heterocycles. The Labute approximate surface area is 111 Å². The molecule has 1 aromatic carbocycles. The smallest absolute Gasteiger partial charge is 0.124 e. The van der Waals surface area contributed by atoms with Gasteiger partial charge < -0.3 is 15.8 Å². The van der Waals surface area contributed by atoms with Gasteiger partial charge in [-0.1, -0.05) is 13.0 Å². The molecule has 1 rings (SSSR count). The predicted molar refractivity (Wildman–Crippen MR) is 77.1 cm³/mol. The van der Waals surface area contributed by atoms with Crippen molar-refractivity contribution in [3.05, 3.63) is 28.8 Å². The predicted octanol–water partition coefficient (Wildman–Crippen LogP) is 2.56. The summed E-state index contributed by atoms with van der Waals surface area (Å²) in [6.07, 6.45) is 1.00. The summed E-state index contributed by atoms with van der Waals surface area (Å²) in [7, 11) is 3.73. The molecule has 0 radical (unpaired) electrons. The van der Waals surface area contributed by atoms with Gasteiger partial charge in [-0.2, -0.15) is 0 Å². The zero-order valence-corrected chi connectivity index (χ0v) is 12.2. The first-order chi connectivity index (χ1) is 8.54. The number of hydrogen-bond acceptors (Lipinski definition) is 3. The van der Waals surface area contributed by atoms with Crippen molar-refractivity contribution in [3.63, 3.8) is 0 Å². The molecule has 3 N–H and O–H groups in total. The minimum Gasteiger partial charge on any atom is -0.496 e. The Balaban J connectivity index is 3.19. The molecule has 3 nitrogen and oxygen atoms in total. The van der Waals surface area contributed by atoms with Crippen molar-refractivity contribution in [2.24, 2.45) is 11.7 Å². The molecule has 1 aromatic rings. The van der Waals surface area contributed by atoms with E-state index in [0.717, 1.165) is 12.2 Å². The van der Waals surface area contributed by atoms with Gasteiger partial charge in [0.05, 0.1) is 7.11 Å². The molecule has 0 fully saturated rings. The molecular formula is C15H26N2O. The largest absolute Gasteiger partial charge is 0.496 e. The number of rotatable bonds is 6. The first kappa shape index (κ1) is 15.0. The molecule has 18 heavy (non-hydrogen) atoms. The van der Waals surface area contributed by atoms with Crippen molar-refractivity contribution in [2.45, 2.75) is 33.2 Å². The summed E-state index contributed by atoms with van der Waals surface area (Å²) in [5, 5.41) is 3.40. The van der Waals surface area contributed by atoms with Gasteiger partial charge in [-0.05, 0) is 57.0 Å². The van der Waals surface area contributed by atoms with Crippen molar-refractivity contribution < 1.29 is 4.74 Å². The zero-order valence-electron chi connectivity index (χ0n) is 12.2. The highest BCUT2D eigenvalue weighted by Crippen LogP contribution is 2.34. The second-order valence-electron chi connectivity index (χ2n) is 5.02. The van der Waals surface area contributed by atoms with Crippen LogP contribution in [0.25, 0.3) is 0 Å². The summed E-state index contributed by atoms with van der Waals surface area (Å²) >= 11 is 0. The van der Waals surface area contributed by atoms with E-state index in [1.807, 2.05) is 7.05 Å². The Bertz CT molecular complexity index is 390. The molecule has 0 saturated heterocycles. The molecular weight excluding hydrogens is 224 g/mol. The van der Waals surface area contributed by atoms with Gasteiger partial charge in [0.25, 0.3) is 0 Å². The molecule has 2 atom stereocenters. The van der Waals surface area contributed by atoms with Crippen molar-refractivity contribution in [1.29, 1.82) is 0 Å². The van der Waals surface area contributed by atoms with Crippen LogP contribution in [-0.4, -0.2) is 20.7 Å². The van der Waals surface area contributed by atoms with Crippen LogP contribution in [0.1, 0.15) is 36.1 Å². The normalized spacial score (nSPS) is 14.3. The lowest BCUT2D eigenvalue weighted by Gasteiger charge is -2.27. The van der Waals surface area contributed by atoms with E-state index in [2.05, 4.69) is 38.2 Å². The van der Waals surface area contributed by atoms with Gasteiger partial charge >= 0.3 is 0 Å². The molecule has 0 heterocycles. The molecule has 0 aliphatic heterocycles. The molecule has 0 saturated carbocycles. The van der Waals surface area contributed by atoms with Gasteiger partial charge in [-0.15, -0.1) is 0 Å². The highest BCUT2D eigenvalue weighted by Gasteiger charge is 2.22. The highest BCUT2D eigenvalue weighted by atomic mass is 16.5. The highest BCUT2D eigenvalue weighted by molar-refractivity contribution is 5.45. The Morgan fingerprint density at radius 3 is 2.50 bits per heavy atom. The third-order valence-corrected chi connectivity index (χ3v) is 3.53. The number of benzene rings is 1. The fraction of sp³-hybridized carbons (Fsp3) is 0.600. The Kier molecular flexibility index (Phi) is 5.63. The Morgan fingerprint density at radius 2 is 2.00 bits per heavy atom. The van der Waals surface area contributed by atoms with Crippen LogP contribution in [0.2, 0.25) is 0 Å². The number of aryl methyl sites for hydroxylation is 2. The average molecular weight is 250 g/mol. The van der Waals surface area contributed by atoms with Crippen LogP contribution < -0.4 is 15.8 Å². The topological polar surface area (TPSA) is 47.3 Å². The van der Waals surface area contributed by atoms with Crippen LogP contribution in [0.15, 0.2) is 12.1 Å². The van der Waals surface area contributed by atoms with E-state index in [1.54, 1.807) is 7.11 Å². The minimum absolute atomic E-state index is 0.282. The van der Waals surface area contributed by atoms with Crippen molar-refractivity contribution in [1.82, 2.24) is 5.32 Å². The van der Waals surface area contributed by atoms with E-state index in [-0.39, 0.29) is 6.04 Å². The molecule has 0 aliphatic carbocycles. The molecule has 0 amide bonds. The van der Waals surface area contributed by atoms with Gasteiger partial charge in [-0.3, -0.25) is 0 Å². The summed E-state index contributed by atoms with van der Waals surface area (Å²) in [5.74, 6) is 1.45. The maximum absolute atomic E-state index is 5.67. The van der Waals surface area contributed by atoms with E-state index in [4.69, 9.17) is 10.5 Å². The molecule has 3 heteroatoms. The van der Waals surface area contributed by atoms with Gasteiger partial charge in [0.2, 0.25) is 0 Å². The van der Waals surface area contributed by atoms with Crippen LogP contribution in [-0.2, 0) is 0 Å². The second-order valence-corrected chi connectivity index (χ2v) is 5.02. The fourth-order valence-corrected chi connectivity index (χ4v) is 2.65. The molecule has 2 unspecified atom stereocenters. The molecule has 0 spiro atoms.